The third-order valence-electron chi connectivity index (χ3n) is 5.53. The molecule has 1 atom stereocenters. The third-order valence-corrected chi connectivity index (χ3v) is 6.33. The Hall–Kier alpha value is -1.69. The number of carbonyl (C=O) groups is 2. The smallest absolute Gasteiger partial charge is 0.410 e. The SMILES string of the molecule is CSc1ccccc1C(=O)N(CC1CCC1)[C@H]1CCN(C(=O)OC(C)(C)C)C1. The average molecular weight is 405 g/mol. The van der Waals surface area contributed by atoms with Crippen molar-refractivity contribution in [3.63, 3.8) is 0 Å². The molecule has 2 aliphatic rings. The van der Waals surface area contributed by atoms with Crippen LogP contribution < -0.4 is 0 Å². The maximum Gasteiger partial charge on any atom is 0.410 e. The van der Waals surface area contributed by atoms with Gasteiger partial charge in [0.2, 0.25) is 0 Å². The van der Waals surface area contributed by atoms with E-state index in [2.05, 4.69) is 0 Å². The quantitative estimate of drug-likeness (QED) is 0.670. The summed E-state index contributed by atoms with van der Waals surface area (Å²) < 4.78 is 5.52. The van der Waals surface area contributed by atoms with Crippen LogP contribution in [0.3, 0.4) is 0 Å². The first kappa shape index (κ1) is 21.0. The summed E-state index contributed by atoms with van der Waals surface area (Å²) in [5.74, 6) is 0.675. The summed E-state index contributed by atoms with van der Waals surface area (Å²) in [5.41, 5.74) is 0.263. The van der Waals surface area contributed by atoms with Crippen LogP contribution in [0.4, 0.5) is 4.79 Å². The second kappa shape index (κ2) is 8.76. The molecule has 0 unspecified atom stereocenters. The van der Waals surface area contributed by atoms with Crippen molar-refractivity contribution in [3.8, 4) is 0 Å². The van der Waals surface area contributed by atoms with Crippen molar-refractivity contribution in [3.05, 3.63) is 29.8 Å². The Morgan fingerprint density at radius 2 is 1.93 bits per heavy atom. The number of carbonyl (C=O) groups excluding carboxylic acids is 2. The van der Waals surface area contributed by atoms with Gasteiger partial charge in [-0.1, -0.05) is 18.6 Å². The summed E-state index contributed by atoms with van der Waals surface area (Å²) in [6.07, 6.45) is 6.16. The zero-order chi connectivity index (χ0) is 20.3. The highest BCUT2D eigenvalue weighted by molar-refractivity contribution is 7.98. The minimum atomic E-state index is -0.506. The molecule has 154 valence electrons. The molecule has 5 nitrogen and oxygen atoms in total. The largest absolute Gasteiger partial charge is 0.444 e. The zero-order valence-corrected chi connectivity index (χ0v) is 18.3. The number of nitrogens with zero attached hydrogens (tertiary/aromatic N) is 2. The monoisotopic (exact) mass is 404 g/mol. The van der Waals surface area contributed by atoms with Crippen LogP contribution in [0, 0.1) is 5.92 Å². The van der Waals surface area contributed by atoms with Gasteiger partial charge in [0.25, 0.3) is 5.91 Å². The second-order valence-corrected chi connectivity index (χ2v) is 9.67. The van der Waals surface area contributed by atoms with Crippen LogP contribution in [0.15, 0.2) is 29.2 Å². The lowest BCUT2D eigenvalue weighted by Crippen LogP contribution is -2.46. The van der Waals surface area contributed by atoms with Crippen LogP contribution in [-0.4, -0.2) is 59.3 Å². The topological polar surface area (TPSA) is 49.9 Å². The normalized spacial score (nSPS) is 20.0. The zero-order valence-electron chi connectivity index (χ0n) is 17.4. The molecule has 1 aliphatic heterocycles. The van der Waals surface area contributed by atoms with E-state index in [1.54, 1.807) is 16.7 Å². The first-order chi connectivity index (χ1) is 13.3. The Morgan fingerprint density at radius 1 is 1.21 bits per heavy atom. The summed E-state index contributed by atoms with van der Waals surface area (Å²) in [6, 6.07) is 7.87. The molecule has 28 heavy (non-hydrogen) atoms. The molecule has 0 bridgehead atoms. The molecule has 2 fully saturated rings. The van der Waals surface area contributed by atoms with Gasteiger partial charge in [-0.05, 0) is 64.3 Å². The van der Waals surface area contributed by atoms with Crippen molar-refractivity contribution in [2.24, 2.45) is 5.92 Å². The van der Waals surface area contributed by atoms with E-state index in [1.165, 1.54) is 19.3 Å². The van der Waals surface area contributed by atoms with Crippen LogP contribution in [0.2, 0.25) is 0 Å². The molecule has 6 heteroatoms. The third kappa shape index (κ3) is 5.02. The molecule has 1 aromatic rings. The first-order valence-corrected chi connectivity index (χ1v) is 11.4. The number of rotatable bonds is 5. The van der Waals surface area contributed by atoms with E-state index >= 15 is 0 Å². The predicted molar refractivity (Wildman–Crippen MR) is 113 cm³/mol. The van der Waals surface area contributed by atoms with Crippen molar-refractivity contribution >= 4 is 23.8 Å². The Morgan fingerprint density at radius 3 is 2.54 bits per heavy atom. The standard InChI is InChI=1S/C22H32N2O3S/c1-22(2,3)27-21(26)23-13-12-17(15-23)24(14-16-8-7-9-16)20(25)18-10-5-6-11-19(18)28-4/h5-6,10-11,16-17H,7-9,12-15H2,1-4H3/t17-/m0/s1. The fraction of sp³-hybridized carbons (Fsp3) is 0.636. The van der Waals surface area contributed by atoms with Gasteiger partial charge in [-0.15, -0.1) is 11.8 Å². The summed E-state index contributed by atoms with van der Waals surface area (Å²) in [5, 5.41) is 0. The van der Waals surface area contributed by atoms with E-state index < -0.39 is 5.60 Å². The molecular weight excluding hydrogens is 372 g/mol. The predicted octanol–water partition coefficient (Wildman–Crippen LogP) is 4.66. The van der Waals surface area contributed by atoms with Gasteiger partial charge in [0, 0.05) is 24.5 Å². The summed E-state index contributed by atoms with van der Waals surface area (Å²) in [4.78, 5) is 30.7. The van der Waals surface area contributed by atoms with Crippen molar-refractivity contribution in [2.75, 3.05) is 25.9 Å². The van der Waals surface area contributed by atoms with Crippen LogP contribution in [0.5, 0.6) is 0 Å². The number of ether oxygens (including phenoxy) is 1. The number of amides is 2. The molecular formula is C22H32N2O3S. The molecule has 0 radical (unpaired) electrons. The van der Waals surface area contributed by atoms with Crippen molar-refractivity contribution in [2.45, 2.75) is 63.0 Å². The summed E-state index contributed by atoms with van der Waals surface area (Å²) in [6.45, 7) is 7.61. The molecule has 1 aliphatic carbocycles. The fourth-order valence-electron chi connectivity index (χ4n) is 3.82. The van der Waals surface area contributed by atoms with E-state index in [9.17, 15) is 9.59 Å². The van der Waals surface area contributed by atoms with Gasteiger partial charge in [-0.3, -0.25) is 4.79 Å². The fourth-order valence-corrected chi connectivity index (χ4v) is 4.41. The van der Waals surface area contributed by atoms with Gasteiger partial charge in [0.15, 0.2) is 0 Å². The highest BCUT2D eigenvalue weighted by Gasteiger charge is 2.37. The Kier molecular flexibility index (Phi) is 6.58. The van der Waals surface area contributed by atoms with Gasteiger partial charge in [0.1, 0.15) is 5.60 Å². The Balaban J connectivity index is 1.75. The number of hydrogen-bond acceptors (Lipinski definition) is 4. The van der Waals surface area contributed by atoms with Gasteiger partial charge in [0.05, 0.1) is 11.6 Å². The maximum atomic E-state index is 13.5. The van der Waals surface area contributed by atoms with E-state index in [4.69, 9.17) is 4.74 Å². The van der Waals surface area contributed by atoms with Gasteiger partial charge < -0.3 is 14.5 Å². The number of benzene rings is 1. The lowest BCUT2D eigenvalue weighted by Gasteiger charge is -2.36. The van der Waals surface area contributed by atoms with Crippen LogP contribution in [0.1, 0.15) is 56.8 Å². The Labute approximate surface area is 172 Å². The van der Waals surface area contributed by atoms with Crippen LogP contribution >= 0.6 is 11.8 Å². The average Bonchev–Trinajstić information content (AvgIpc) is 3.09. The molecule has 1 saturated heterocycles. The summed E-state index contributed by atoms with van der Waals surface area (Å²) >= 11 is 1.60. The minimum absolute atomic E-state index is 0.0514. The second-order valence-electron chi connectivity index (χ2n) is 8.82. The van der Waals surface area contributed by atoms with Gasteiger partial charge >= 0.3 is 6.09 Å². The van der Waals surface area contributed by atoms with Gasteiger partial charge in [-0.25, -0.2) is 4.79 Å². The van der Waals surface area contributed by atoms with Crippen LogP contribution in [0.25, 0.3) is 0 Å². The molecule has 0 spiro atoms. The van der Waals surface area contributed by atoms with Crippen LogP contribution in [-0.2, 0) is 4.74 Å². The molecule has 1 saturated carbocycles. The molecule has 3 rings (SSSR count). The van der Waals surface area contributed by atoms with E-state index in [1.807, 2.05) is 56.2 Å². The van der Waals surface area contributed by atoms with E-state index in [0.717, 1.165) is 23.4 Å². The highest BCUT2D eigenvalue weighted by Crippen LogP contribution is 2.31. The molecule has 1 aromatic carbocycles. The molecule has 1 heterocycles. The number of hydrogen-bond donors (Lipinski definition) is 0. The minimum Gasteiger partial charge on any atom is -0.444 e. The molecule has 0 N–H and O–H groups in total. The molecule has 0 aromatic heterocycles. The molecule has 2 amide bonds. The lowest BCUT2D eigenvalue weighted by atomic mass is 9.84. The van der Waals surface area contributed by atoms with E-state index in [-0.39, 0.29) is 18.0 Å². The number of thioether (sulfide) groups is 1. The van der Waals surface area contributed by atoms with Crippen molar-refractivity contribution in [1.82, 2.24) is 9.80 Å². The van der Waals surface area contributed by atoms with Crippen molar-refractivity contribution < 1.29 is 14.3 Å². The number of likely N-dealkylation sites (tertiary alicyclic amines) is 1. The maximum absolute atomic E-state index is 13.5. The Bertz CT molecular complexity index is 712. The first-order valence-electron chi connectivity index (χ1n) is 10.2. The summed E-state index contributed by atoms with van der Waals surface area (Å²) in [7, 11) is 0. The van der Waals surface area contributed by atoms with Gasteiger partial charge in [-0.2, -0.15) is 0 Å². The lowest BCUT2D eigenvalue weighted by molar-refractivity contribution is 0.0269. The van der Waals surface area contributed by atoms with Crippen molar-refractivity contribution in [1.29, 1.82) is 0 Å². The highest BCUT2D eigenvalue weighted by atomic mass is 32.2. The van der Waals surface area contributed by atoms with E-state index in [0.29, 0.717) is 19.0 Å².